The van der Waals surface area contributed by atoms with Crippen LogP contribution in [0.5, 0.6) is 0 Å². The number of nitrogens with two attached hydrogens (primary N) is 1. The van der Waals surface area contributed by atoms with Crippen LogP contribution in [0.25, 0.3) is 0 Å². The van der Waals surface area contributed by atoms with Gasteiger partial charge < -0.3 is 26.0 Å². The third-order valence-electron chi connectivity index (χ3n) is 4.04. The molecule has 2 atom stereocenters. The minimum atomic E-state index is -0.507. The van der Waals surface area contributed by atoms with Gasteiger partial charge in [-0.2, -0.15) is 0 Å². The van der Waals surface area contributed by atoms with Crippen LogP contribution in [0.3, 0.4) is 0 Å². The number of aliphatic hydroxyl groups is 2. The zero-order valence-electron chi connectivity index (χ0n) is 17.0. The molecule has 0 radical (unpaired) electrons. The van der Waals surface area contributed by atoms with Crippen molar-refractivity contribution in [2.75, 3.05) is 13.2 Å². The average Bonchev–Trinajstić information content (AvgIpc) is 2.56. The van der Waals surface area contributed by atoms with Crippen LogP contribution in [-0.4, -0.2) is 41.6 Å². The van der Waals surface area contributed by atoms with E-state index in [9.17, 15) is 9.90 Å². The van der Waals surface area contributed by atoms with Gasteiger partial charge in [0.05, 0.1) is 19.3 Å². The van der Waals surface area contributed by atoms with Gasteiger partial charge in [-0.1, -0.05) is 71.9 Å². The van der Waals surface area contributed by atoms with Crippen LogP contribution in [-0.2, 0) is 11.3 Å². The third-order valence-corrected chi connectivity index (χ3v) is 4.04. The van der Waals surface area contributed by atoms with Crippen molar-refractivity contribution in [3.63, 3.8) is 0 Å². The molecule has 5 N–H and O–H groups in total. The molecule has 0 bridgehead atoms. The van der Waals surface area contributed by atoms with Gasteiger partial charge in [-0.15, -0.1) is 0 Å². The maximum absolute atomic E-state index is 11.6. The van der Waals surface area contributed by atoms with E-state index in [0.717, 1.165) is 5.56 Å². The van der Waals surface area contributed by atoms with Gasteiger partial charge in [0.2, 0.25) is 0 Å². The molecule has 0 unspecified atom stereocenters. The number of rotatable bonds is 5. The van der Waals surface area contributed by atoms with Crippen LogP contribution in [0.1, 0.15) is 47.1 Å². The van der Waals surface area contributed by atoms with Gasteiger partial charge in [0.15, 0.2) is 0 Å². The molecule has 150 valence electrons. The molecule has 0 aromatic heterocycles. The van der Waals surface area contributed by atoms with E-state index in [1.165, 1.54) is 0 Å². The Hall–Kier alpha value is -1.63. The summed E-state index contributed by atoms with van der Waals surface area (Å²) in [6, 6.07) is 9.06. The summed E-state index contributed by atoms with van der Waals surface area (Å²) < 4.78 is 5.09. The summed E-state index contributed by atoms with van der Waals surface area (Å²) >= 11 is 0. The first-order valence-electron chi connectivity index (χ1n) is 8.86. The van der Waals surface area contributed by atoms with Crippen molar-refractivity contribution in [2.24, 2.45) is 16.6 Å². The van der Waals surface area contributed by atoms with Gasteiger partial charge in [-0.25, -0.2) is 4.79 Å². The van der Waals surface area contributed by atoms with Gasteiger partial charge >= 0.3 is 6.09 Å². The Morgan fingerprint density at radius 2 is 1.58 bits per heavy atom. The summed E-state index contributed by atoms with van der Waals surface area (Å²) in [6.07, 6.45) is -0.507. The van der Waals surface area contributed by atoms with Crippen molar-refractivity contribution < 1.29 is 19.7 Å². The van der Waals surface area contributed by atoms with Gasteiger partial charge in [-0.05, 0) is 16.4 Å². The van der Waals surface area contributed by atoms with Crippen molar-refractivity contribution >= 4 is 6.09 Å². The predicted molar refractivity (Wildman–Crippen MR) is 105 cm³/mol. The number of nitrogens with one attached hydrogen (secondary N) is 1. The smallest absolute Gasteiger partial charge is 0.407 e. The number of carbonyl (C=O) groups is 1. The summed E-state index contributed by atoms with van der Waals surface area (Å²) in [7, 11) is 0. The number of carbonyl (C=O) groups excluding carboxylic acids is 1. The van der Waals surface area contributed by atoms with Crippen LogP contribution < -0.4 is 11.1 Å². The molecular formula is C20H36N2O4. The Balaban J connectivity index is 0.000000660. The lowest BCUT2D eigenvalue weighted by Gasteiger charge is -2.29. The van der Waals surface area contributed by atoms with Crippen LogP contribution in [0.15, 0.2) is 30.3 Å². The second-order valence-corrected chi connectivity index (χ2v) is 8.46. The summed E-state index contributed by atoms with van der Waals surface area (Å²) in [5.74, 6) is 0. The highest BCUT2D eigenvalue weighted by molar-refractivity contribution is 5.67. The van der Waals surface area contributed by atoms with E-state index in [4.69, 9.17) is 15.6 Å². The molecule has 0 heterocycles. The molecule has 0 saturated heterocycles. The monoisotopic (exact) mass is 368 g/mol. The molecule has 0 aliphatic rings. The lowest BCUT2D eigenvalue weighted by molar-refractivity contribution is 0.109. The number of amides is 1. The summed E-state index contributed by atoms with van der Waals surface area (Å²) in [5.41, 5.74) is 6.26. The number of benzene rings is 1. The molecule has 1 rings (SSSR count). The number of hydrogen-bond donors (Lipinski definition) is 4. The zero-order valence-corrected chi connectivity index (χ0v) is 17.0. The van der Waals surface area contributed by atoms with E-state index >= 15 is 0 Å². The zero-order chi connectivity index (χ0) is 20.4. The number of aliphatic hydroxyl groups excluding tert-OH is 2. The fourth-order valence-corrected chi connectivity index (χ4v) is 1.72. The minimum Gasteiger partial charge on any atom is -0.445 e. The average molecular weight is 369 g/mol. The number of alkyl carbamates (subject to hydrolysis) is 1. The lowest BCUT2D eigenvalue weighted by atomic mass is 9.87. The summed E-state index contributed by atoms with van der Waals surface area (Å²) in [5, 5.41) is 20.4. The lowest BCUT2D eigenvalue weighted by Crippen LogP contribution is -2.46. The van der Waals surface area contributed by atoms with Crippen LogP contribution in [0.4, 0.5) is 4.79 Å². The Labute approximate surface area is 157 Å². The number of ether oxygens (including phenoxy) is 1. The van der Waals surface area contributed by atoms with Crippen molar-refractivity contribution in [1.82, 2.24) is 5.32 Å². The molecule has 1 aromatic carbocycles. The van der Waals surface area contributed by atoms with Crippen LogP contribution >= 0.6 is 0 Å². The van der Waals surface area contributed by atoms with E-state index in [0.29, 0.717) is 0 Å². The first-order valence-corrected chi connectivity index (χ1v) is 8.86. The number of hydrogen-bond acceptors (Lipinski definition) is 5. The third kappa shape index (κ3) is 10.4. The van der Waals surface area contributed by atoms with Crippen molar-refractivity contribution in [2.45, 2.75) is 60.2 Å². The van der Waals surface area contributed by atoms with Crippen molar-refractivity contribution in [3.05, 3.63) is 35.9 Å². The maximum Gasteiger partial charge on any atom is 0.407 e. The quantitative estimate of drug-likeness (QED) is 0.639. The highest BCUT2D eigenvalue weighted by Crippen LogP contribution is 2.19. The van der Waals surface area contributed by atoms with E-state index in [-0.39, 0.29) is 42.7 Å². The normalized spacial score (nSPS) is 13.9. The molecule has 1 aromatic rings. The highest BCUT2D eigenvalue weighted by Gasteiger charge is 2.25. The van der Waals surface area contributed by atoms with Crippen LogP contribution in [0.2, 0.25) is 0 Å². The summed E-state index contributed by atoms with van der Waals surface area (Å²) in [4.78, 5) is 11.6. The maximum atomic E-state index is 11.6. The molecule has 0 fully saturated rings. The first kappa shape index (κ1) is 24.4. The fourth-order valence-electron chi connectivity index (χ4n) is 1.72. The Morgan fingerprint density at radius 3 is 1.92 bits per heavy atom. The van der Waals surface area contributed by atoms with E-state index in [2.05, 4.69) is 5.32 Å². The highest BCUT2D eigenvalue weighted by atomic mass is 16.5. The van der Waals surface area contributed by atoms with Crippen molar-refractivity contribution in [3.8, 4) is 0 Å². The molecule has 1 amide bonds. The van der Waals surface area contributed by atoms with E-state index in [1.54, 1.807) is 0 Å². The van der Waals surface area contributed by atoms with Crippen molar-refractivity contribution in [1.29, 1.82) is 0 Å². The fraction of sp³-hybridized carbons (Fsp3) is 0.650. The van der Waals surface area contributed by atoms with Gasteiger partial charge in [-0.3, -0.25) is 0 Å². The molecular weight excluding hydrogens is 332 g/mol. The predicted octanol–water partition coefficient (Wildman–Crippen LogP) is 2.67. The molecule has 26 heavy (non-hydrogen) atoms. The standard InChI is InChI=1S/C14H21NO3.C6H15NO/c1-14(2,3)12(9-16)15-13(17)18-10-11-7-5-4-6-8-11;1-6(2,3)5(7)4-8/h4-8,12,16H,9-10H2,1-3H3,(H,15,17);5,8H,4,7H2,1-3H3/t12-;5-/m11/s1. The van der Waals surface area contributed by atoms with Gasteiger partial charge in [0.25, 0.3) is 0 Å². The Bertz CT molecular complexity index is 507. The summed E-state index contributed by atoms with van der Waals surface area (Å²) in [6.45, 7) is 12.1. The second kappa shape index (κ2) is 11.2. The molecule has 0 saturated carbocycles. The molecule has 6 nitrogen and oxygen atoms in total. The molecule has 0 aliphatic heterocycles. The Morgan fingerprint density at radius 1 is 1.04 bits per heavy atom. The van der Waals surface area contributed by atoms with E-state index < -0.39 is 6.09 Å². The molecule has 6 heteroatoms. The topological polar surface area (TPSA) is 105 Å². The van der Waals surface area contributed by atoms with Gasteiger partial charge in [0, 0.05) is 6.04 Å². The largest absolute Gasteiger partial charge is 0.445 e. The molecule has 0 aliphatic carbocycles. The first-order chi connectivity index (χ1) is 11.9. The van der Waals surface area contributed by atoms with E-state index in [1.807, 2.05) is 71.9 Å². The van der Waals surface area contributed by atoms with Gasteiger partial charge in [0.1, 0.15) is 6.61 Å². The second-order valence-electron chi connectivity index (χ2n) is 8.46. The minimum absolute atomic E-state index is 0.0365. The molecule has 0 spiro atoms. The SMILES string of the molecule is CC(C)(C)[C@@H](CO)NC(=O)OCc1ccccc1.CC(C)(C)[C@H](N)CO. The Kier molecular flexibility index (Phi) is 10.5. The van der Waals surface area contributed by atoms with Crippen LogP contribution in [0, 0.1) is 10.8 Å².